The van der Waals surface area contributed by atoms with E-state index in [9.17, 15) is 0 Å². The van der Waals surface area contributed by atoms with Gasteiger partial charge in [-0.25, -0.2) is 0 Å². The molecular weight excluding hydrogens is 645 g/mol. The van der Waals surface area contributed by atoms with E-state index >= 15 is 0 Å². The number of fused-ring (bicyclic) bond motifs is 15. The van der Waals surface area contributed by atoms with E-state index in [1.165, 1.54) is 93.1 Å². The van der Waals surface area contributed by atoms with Crippen molar-refractivity contribution in [3.05, 3.63) is 170 Å². The van der Waals surface area contributed by atoms with Crippen LogP contribution >= 0.6 is 0 Å². The van der Waals surface area contributed by atoms with Gasteiger partial charge in [0.05, 0.1) is 33.1 Å². The van der Waals surface area contributed by atoms with E-state index in [2.05, 4.69) is 179 Å². The fourth-order valence-electron chi connectivity index (χ4n) is 9.67. The van der Waals surface area contributed by atoms with Gasteiger partial charge in [-0.05, 0) is 86.9 Å². The van der Waals surface area contributed by atoms with Crippen LogP contribution in [0.1, 0.15) is 0 Å². The second-order valence-electron chi connectivity index (χ2n) is 14.4. The van der Waals surface area contributed by atoms with Gasteiger partial charge in [-0.3, -0.25) is 0 Å². The zero-order chi connectivity index (χ0) is 34.4. The maximum atomic E-state index is 6.56. The highest BCUT2D eigenvalue weighted by molar-refractivity contribution is 6.31. The lowest BCUT2D eigenvalue weighted by atomic mass is 10.0. The highest BCUT2D eigenvalue weighted by Gasteiger charge is 2.27. The molecule has 0 unspecified atom stereocenters. The number of aromatic nitrogens is 2. The van der Waals surface area contributed by atoms with Crippen molar-refractivity contribution in [2.75, 3.05) is 0 Å². The summed E-state index contributed by atoms with van der Waals surface area (Å²) in [5.74, 6) is 0. The van der Waals surface area contributed by atoms with Gasteiger partial charge in [0, 0.05) is 38.0 Å². The van der Waals surface area contributed by atoms with E-state index < -0.39 is 0 Å². The first-order valence-corrected chi connectivity index (χ1v) is 18.3. The predicted octanol–water partition coefficient (Wildman–Crippen LogP) is 13.7. The number of rotatable bonds is 2. The first-order chi connectivity index (χ1) is 26.3. The number of para-hydroxylation sites is 2. The van der Waals surface area contributed by atoms with Crippen LogP contribution in [0.5, 0.6) is 0 Å². The number of hydrogen-bond acceptors (Lipinski definition) is 1. The summed E-state index contributed by atoms with van der Waals surface area (Å²) in [6.07, 6.45) is 0. The molecule has 0 aliphatic heterocycles. The fourth-order valence-corrected chi connectivity index (χ4v) is 9.67. The average molecular weight is 673 g/mol. The highest BCUT2D eigenvalue weighted by Crippen LogP contribution is 2.51. The second-order valence-corrected chi connectivity index (χ2v) is 14.4. The molecule has 0 atom stereocenters. The SMILES string of the molecule is c1ccc2c(c1)-c1cccc3c(-n4c5c(ccc6oc7ccccc7c65)c5ccc6c(c7ccccc7n6-c6ccc7ccccc7c6)c54)ccc-2c13. The monoisotopic (exact) mass is 672 g/mol. The molecule has 0 N–H and O–H groups in total. The average Bonchev–Trinajstić information content (AvgIpc) is 3.95. The fraction of sp³-hybridized carbons (Fsp3) is 0. The van der Waals surface area contributed by atoms with Crippen molar-refractivity contribution in [1.82, 2.24) is 9.13 Å². The Morgan fingerprint density at radius 1 is 0.340 bits per heavy atom. The molecule has 244 valence electrons. The molecular formula is C50H28N2O. The Morgan fingerprint density at radius 2 is 1.02 bits per heavy atom. The second kappa shape index (κ2) is 9.81. The minimum Gasteiger partial charge on any atom is -0.456 e. The normalized spacial score (nSPS) is 12.5. The summed E-state index contributed by atoms with van der Waals surface area (Å²) >= 11 is 0. The highest BCUT2D eigenvalue weighted by atomic mass is 16.3. The van der Waals surface area contributed by atoms with Crippen molar-refractivity contribution in [3.8, 4) is 33.6 Å². The standard InChI is InChI=1S/C50H28N2O/c1-2-11-30-28-31(21-20-29(30)10-1)51-41-18-7-5-14-39(41)47-43(51)26-23-36-37-24-27-45-48(40-15-6-8-19-44(40)53-45)50(37)52(49(36)47)42-25-22-35-33-13-4-3-12-32(33)34-16-9-17-38(42)46(34)35/h1-28H. The third-order valence-corrected chi connectivity index (χ3v) is 11.8. The molecule has 9 aromatic carbocycles. The van der Waals surface area contributed by atoms with Gasteiger partial charge in [0.1, 0.15) is 11.2 Å². The maximum absolute atomic E-state index is 6.56. The topological polar surface area (TPSA) is 23.0 Å². The van der Waals surface area contributed by atoms with Crippen molar-refractivity contribution >= 4 is 87.1 Å². The Bertz CT molecular complexity index is 3540. The number of nitrogens with zero attached hydrogens (tertiary/aromatic N) is 2. The van der Waals surface area contributed by atoms with Crippen LogP contribution in [0.4, 0.5) is 0 Å². The van der Waals surface area contributed by atoms with Crippen LogP contribution in [0.15, 0.2) is 174 Å². The van der Waals surface area contributed by atoms with Crippen LogP contribution in [-0.2, 0) is 0 Å². The third kappa shape index (κ3) is 3.44. The maximum Gasteiger partial charge on any atom is 0.137 e. The van der Waals surface area contributed by atoms with E-state index in [1.807, 2.05) is 0 Å². The smallest absolute Gasteiger partial charge is 0.137 e. The summed E-state index contributed by atoms with van der Waals surface area (Å²) in [6.45, 7) is 0. The van der Waals surface area contributed by atoms with Crippen molar-refractivity contribution < 1.29 is 4.42 Å². The molecule has 3 aromatic heterocycles. The summed E-state index contributed by atoms with van der Waals surface area (Å²) < 4.78 is 11.6. The molecule has 1 aliphatic carbocycles. The largest absolute Gasteiger partial charge is 0.456 e. The Labute approximate surface area is 303 Å². The molecule has 0 saturated carbocycles. The van der Waals surface area contributed by atoms with E-state index in [0.29, 0.717) is 0 Å². The lowest BCUT2D eigenvalue weighted by Gasteiger charge is -2.15. The molecule has 0 bridgehead atoms. The molecule has 3 heteroatoms. The van der Waals surface area contributed by atoms with E-state index in [0.717, 1.165) is 27.6 Å². The Morgan fingerprint density at radius 3 is 1.91 bits per heavy atom. The number of furan rings is 1. The van der Waals surface area contributed by atoms with E-state index in [-0.39, 0.29) is 0 Å². The number of hydrogen-bond donors (Lipinski definition) is 0. The molecule has 3 heterocycles. The Balaban J connectivity index is 1.26. The lowest BCUT2D eigenvalue weighted by Crippen LogP contribution is -1.97. The predicted molar refractivity (Wildman–Crippen MR) is 222 cm³/mol. The van der Waals surface area contributed by atoms with E-state index in [1.54, 1.807) is 0 Å². The van der Waals surface area contributed by atoms with Crippen LogP contribution in [0.25, 0.3) is 121 Å². The van der Waals surface area contributed by atoms with Crippen molar-refractivity contribution in [3.63, 3.8) is 0 Å². The molecule has 12 aromatic rings. The summed E-state index contributed by atoms with van der Waals surface area (Å²) in [4.78, 5) is 0. The van der Waals surface area contributed by atoms with Crippen molar-refractivity contribution in [1.29, 1.82) is 0 Å². The van der Waals surface area contributed by atoms with Gasteiger partial charge in [0.25, 0.3) is 0 Å². The lowest BCUT2D eigenvalue weighted by molar-refractivity contribution is 0.669. The minimum atomic E-state index is 0.899. The van der Waals surface area contributed by atoms with Gasteiger partial charge in [0.2, 0.25) is 0 Å². The van der Waals surface area contributed by atoms with Gasteiger partial charge in [0.15, 0.2) is 0 Å². The van der Waals surface area contributed by atoms with Gasteiger partial charge >= 0.3 is 0 Å². The van der Waals surface area contributed by atoms with E-state index in [4.69, 9.17) is 4.42 Å². The molecule has 3 nitrogen and oxygen atoms in total. The third-order valence-electron chi connectivity index (χ3n) is 11.8. The summed E-state index contributed by atoms with van der Waals surface area (Å²) in [5.41, 5.74) is 14.1. The zero-order valence-corrected chi connectivity index (χ0v) is 28.5. The molecule has 0 amide bonds. The van der Waals surface area contributed by atoms with Crippen molar-refractivity contribution in [2.45, 2.75) is 0 Å². The van der Waals surface area contributed by atoms with Crippen LogP contribution in [0.2, 0.25) is 0 Å². The molecule has 13 rings (SSSR count). The molecule has 0 saturated heterocycles. The molecule has 0 spiro atoms. The summed E-state index contributed by atoms with van der Waals surface area (Å²) in [6, 6.07) is 62.3. The first-order valence-electron chi connectivity index (χ1n) is 18.3. The Kier molecular flexibility index (Phi) is 5.11. The minimum absolute atomic E-state index is 0.899. The van der Waals surface area contributed by atoms with Crippen LogP contribution in [0.3, 0.4) is 0 Å². The molecule has 0 fully saturated rings. The van der Waals surface area contributed by atoms with Gasteiger partial charge in [-0.1, -0.05) is 121 Å². The zero-order valence-electron chi connectivity index (χ0n) is 28.5. The van der Waals surface area contributed by atoms with Gasteiger partial charge in [-0.15, -0.1) is 0 Å². The molecule has 0 radical (unpaired) electrons. The van der Waals surface area contributed by atoms with Gasteiger partial charge < -0.3 is 13.6 Å². The van der Waals surface area contributed by atoms with Crippen molar-refractivity contribution in [2.24, 2.45) is 0 Å². The van der Waals surface area contributed by atoms with Crippen LogP contribution < -0.4 is 0 Å². The van der Waals surface area contributed by atoms with Crippen LogP contribution in [0, 0.1) is 0 Å². The summed E-state index contributed by atoms with van der Waals surface area (Å²) in [5, 5.41) is 12.2. The molecule has 53 heavy (non-hydrogen) atoms. The summed E-state index contributed by atoms with van der Waals surface area (Å²) in [7, 11) is 0. The molecule has 1 aliphatic rings. The number of benzene rings is 9. The van der Waals surface area contributed by atoms with Crippen LogP contribution in [-0.4, -0.2) is 9.13 Å². The first kappa shape index (κ1) is 27.6. The quantitative estimate of drug-likeness (QED) is 0.179. The Hall–Kier alpha value is -7.10. The van der Waals surface area contributed by atoms with Gasteiger partial charge in [-0.2, -0.15) is 0 Å².